The van der Waals surface area contributed by atoms with Gasteiger partial charge in [-0.05, 0) is 43.7 Å². The summed E-state index contributed by atoms with van der Waals surface area (Å²) in [5.41, 5.74) is 3.50. The van der Waals surface area contributed by atoms with Gasteiger partial charge >= 0.3 is 0 Å². The summed E-state index contributed by atoms with van der Waals surface area (Å²) in [6.07, 6.45) is 0. The monoisotopic (exact) mass is 271 g/mol. The van der Waals surface area contributed by atoms with Crippen LogP contribution in [-0.4, -0.2) is 22.3 Å². The lowest BCUT2D eigenvalue weighted by molar-refractivity contribution is 0.409. The van der Waals surface area contributed by atoms with Crippen LogP contribution in [0.4, 0.5) is 4.39 Å². The number of benzene rings is 1. The molecule has 0 fully saturated rings. The molecule has 0 saturated heterocycles. The number of hydrogen-bond acceptors (Lipinski definition) is 3. The van der Waals surface area contributed by atoms with Gasteiger partial charge in [0.1, 0.15) is 17.3 Å². The molecule has 4 nitrogen and oxygen atoms in total. The zero-order valence-corrected chi connectivity index (χ0v) is 11.5. The first-order chi connectivity index (χ1) is 9.60. The molecule has 1 aromatic carbocycles. The van der Waals surface area contributed by atoms with Crippen LogP contribution >= 0.6 is 0 Å². The van der Waals surface area contributed by atoms with Crippen LogP contribution < -0.4 is 4.74 Å². The van der Waals surface area contributed by atoms with Gasteiger partial charge < -0.3 is 4.74 Å². The number of nitrogens with zero attached hydrogens (tertiary/aromatic N) is 2. The van der Waals surface area contributed by atoms with Gasteiger partial charge in [0.05, 0.1) is 24.0 Å². The van der Waals surface area contributed by atoms with Crippen LogP contribution in [0, 0.1) is 19.7 Å². The molecule has 20 heavy (non-hydrogen) atoms. The Balaban J connectivity index is 2.19. The molecule has 102 valence electrons. The van der Waals surface area contributed by atoms with E-state index in [-0.39, 0.29) is 5.82 Å². The van der Waals surface area contributed by atoms with Gasteiger partial charge in [0, 0.05) is 5.39 Å². The average Bonchev–Trinajstić information content (AvgIpc) is 2.82. The Morgan fingerprint density at radius 1 is 1.20 bits per heavy atom. The number of hydrogen-bond donors (Lipinski definition) is 1. The second kappa shape index (κ2) is 4.59. The number of H-pyrrole nitrogens is 1. The van der Waals surface area contributed by atoms with Gasteiger partial charge in [0.2, 0.25) is 0 Å². The van der Waals surface area contributed by atoms with E-state index in [1.54, 1.807) is 20.1 Å². The van der Waals surface area contributed by atoms with E-state index in [0.717, 1.165) is 22.5 Å². The smallest absolute Gasteiger partial charge is 0.140 e. The number of aromatic amines is 1. The van der Waals surface area contributed by atoms with Crippen LogP contribution in [-0.2, 0) is 0 Å². The zero-order chi connectivity index (χ0) is 14.3. The highest BCUT2D eigenvalue weighted by atomic mass is 19.1. The Kier molecular flexibility index (Phi) is 2.89. The van der Waals surface area contributed by atoms with Crippen molar-refractivity contribution in [3.63, 3.8) is 0 Å². The van der Waals surface area contributed by atoms with Gasteiger partial charge in [0.15, 0.2) is 0 Å². The quantitative estimate of drug-likeness (QED) is 0.777. The predicted octanol–water partition coefficient (Wildman–Crippen LogP) is 3.39. The Labute approximate surface area is 115 Å². The molecule has 0 aliphatic heterocycles. The molecule has 0 spiro atoms. The molecule has 0 aliphatic carbocycles. The lowest BCUT2D eigenvalue weighted by atomic mass is 10.1. The lowest BCUT2D eigenvalue weighted by Gasteiger charge is -2.05. The molecule has 2 heterocycles. The third kappa shape index (κ3) is 1.91. The Bertz CT molecular complexity index is 795. The van der Waals surface area contributed by atoms with Crippen LogP contribution in [0.2, 0.25) is 0 Å². The first-order valence-corrected chi connectivity index (χ1v) is 6.26. The number of fused-ring (bicyclic) bond motifs is 1. The zero-order valence-electron chi connectivity index (χ0n) is 11.5. The van der Waals surface area contributed by atoms with E-state index in [0.29, 0.717) is 16.8 Å². The number of aromatic nitrogens is 3. The van der Waals surface area contributed by atoms with E-state index in [1.165, 1.54) is 6.07 Å². The topological polar surface area (TPSA) is 50.8 Å². The van der Waals surface area contributed by atoms with Crippen molar-refractivity contribution in [2.75, 3.05) is 7.11 Å². The maximum Gasteiger partial charge on any atom is 0.140 e. The molecular weight excluding hydrogens is 257 g/mol. The van der Waals surface area contributed by atoms with Crippen LogP contribution in [0.3, 0.4) is 0 Å². The SMILES string of the molecule is COc1ccc(-c2n[nH]c3cc(F)c(C)cc23)nc1C. The minimum atomic E-state index is -0.244. The fourth-order valence-corrected chi connectivity index (χ4v) is 2.24. The van der Waals surface area contributed by atoms with Gasteiger partial charge in [-0.3, -0.25) is 5.10 Å². The molecule has 3 rings (SSSR count). The lowest BCUT2D eigenvalue weighted by Crippen LogP contribution is -1.93. The van der Waals surface area contributed by atoms with Crippen LogP contribution in [0.25, 0.3) is 22.3 Å². The molecule has 0 aliphatic rings. The number of pyridine rings is 1. The summed E-state index contributed by atoms with van der Waals surface area (Å²) >= 11 is 0. The standard InChI is InChI=1S/C15H14FN3O/c1-8-6-10-13(7-11(8)16)18-19-15(10)12-4-5-14(20-3)9(2)17-12/h4-7H,1-3H3,(H,18,19). The molecule has 0 amide bonds. The summed E-state index contributed by atoms with van der Waals surface area (Å²) in [4.78, 5) is 4.49. The van der Waals surface area contributed by atoms with Crippen molar-refractivity contribution in [1.29, 1.82) is 0 Å². The van der Waals surface area contributed by atoms with Gasteiger partial charge in [-0.25, -0.2) is 9.37 Å². The van der Waals surface area contributed by atoms with Crippen molar-refractivity contribution in [3.05, 3.63) is 41.3 Å². The van der Waals surface area contributed by atoms with Crippen LogP contribution in [0.15, 0.2) is 24.3 Å². The van der Waals surface area contributed by atoms with E-state index < -0.39 is 0 Å². The van der Waals surface area contributed by atoms with Crippen molar-refractivity contribution >= 4 is 10.9 Å². The number of halogens is 1. The molecule has 5 heteroatoms. The van der Waals surface area contributed by atoms with E-state index in [1.807, 2.05) is 19.1 Å². The van der Waals surface area contributed by atoms with Crippen molar-refractivity contribution in [1.82, 2.24) is 15.2 Å². The number of ether oxygens (including phenoxy) is 1. The highest BCUT2D eigenvalue weighted by Gasteiger charge is 2.13. The fourth-order valence-electron chi connectivity index (χ4n) is 2.24. The maximum atomic E-state index is 13.5. The maximum absolute atomic E-state index is 13.5. The van der Waals surface area contributed by atoms with E-state index >= 15 is 0 Å². The Morgan fingerprint density at radius 2 is 2.00 bits per heavy atom. The van der Waals surface area contributed by atoms with Crippen LogP contribution in [0.5, 0.6) is 5.75 Å². The largest absolute Gasteiger partial charge is 0.495 e. The molecule has 0 atom stereocenters. The minimum absolute atomic E-state index is 0.244. The van der Waals surface area contributed by atoms with E-state index in [2.05, 4.69) is 15.2 Å². The summed E-state index contributed by atoms with van der Waals surface area (Å²) in [5, 5.41) is 7.95. The number of nitrogens with one attached hydrogen (secondary N) is 1. The molecule has 2 aromatic heterocycles. The normalized spacial score (nSPS) is 11.0. The molecule has 3 aromatic rings. The average molecular weight is 271 g/mol. The first kappa shape index (κ1) is 12.6. The molecule has 0 radical (unpaired) electrons. The second-order valence-corrected chi connectivity index (χ2v) is 4.70. The van der Waals surface area contributed by atoms with Crippen molar-refractivity contribution in [2.45, 2.75) is 13.8 Å². The predicted molar refractivity (Wildman–Crippen MR) is 75.3 cm³/mol. The summed E-state index contributed by atoms with van der Waals surface area (Å²) in [6, 6.07) is 6.94. The fraction of sp³-hybridized carbons (Fsp3) is 0.200. The number of rotatable bonds is 2. The Morgan fingerprint density at radius 3 is 2.70 bits per heavy atom. The van der Waals surface area contributed by atoms with E-state index in [9.17, 15) is 4.39 Å². The highest BCUT2D eigenvalue weighted by Crippen LogP contribution is 2.28. The summed E-state index contributed by atoms with van der Waals surface area (Å²) in [5.74, 6) is 0.488. The molecule has 0 saturated carbocycles. The van der Waals surface area contributed by atoms with Crippen molar-refractivity contribution in [3.8, 4) is 17.1 Å². The number of aryl methyl sites for hydroxylation is 2. The van der Waals surface area contributed by atoms with Crippen LogP contribution in [0.1, 0.15) is 11.3 Å². The summed E-state index contributed by atoms with van der Waals surface area (Å²) < 4.78 is 18.7. The summed E-state index contributed by atoms with van der Waals surface area (Å²) in [6.45, 7) is 3.61. The van der Waals surface area contributed by atoms with Gasteiger partial charge in [-0.2, -0.15) is 5.10 Å². The molecule has 0 unspecified atom stereocenters. The van der Waals surface area contributed by atoms with E-state index in [4.69, 9.17) is 4.74 Å². The third-order valence-electron chi connectivity index (χ3n) is 3.34. The van der Waals surface area contributed by atoms with Gasteiger partial charge in [-0.15, -0.1) is 0 Å². The number of methoxy groups -OCH3 is 1. The first-order valence-electron chi connectivity index (χ1n) is 6.26. The second-order valence-electron chi connectivity index (χ2n) is 4.70. The molecular formula is C15H14FN3O. The third-order valence-corrected chi connectivity index (χ3v) is 3.34. The molecule has 1 N–H and O–H groups in total. The van der Waals surface area contributed by atoms with Crippen molar-refractivity contribution < 1.29 is 9.13 Å². The van der Waals surface area contributed by atoms with Gasteiger partial charge in [-0.1, -0.05) is 0 Å². The van der Waals surface area contributed by atoms with Gasteiger partial charge in [0.25, 0.3) is 0 Å². The Hall–Kier alpha value is -2.43. The molecule has 0 bridgehead atoms. The summed E-state index contributed by atoms with van der Waals surface area (Å²) in [7, 11) is 1.61. The van der Waals surface area contributed by atoms with Crippen molar-refractivity contribution in [2.24, 2.45) is 0 Å². The minimum Gasteiger partial charge on any atom is -0.495 e. The highest BCUT2D eigenvalue weighted by molar-refractivity contribution is 5.92.